The second-order valence-corrected chi connectivity index (χ2v) is 4.16. The summed E-state index contributed by atoms with van der Waals surface area (Å²) in [7, 11) is 0. The van der Waals surface area contributed by atoms with Crippen LogP contribution < -0.4 is 5.63 Å². The molecule has 0 bridgehead atoms. The van der Waals surface area contributed by atoms with Crippen LogP contribution in [-0.2, 0) is 11.2 Å². The monoisotopic (exact) mass is 230 g/mol. The van der Waals surface area contributed by atoms with Gasteiger partial charge >= 0.3 is 11.6 Å². The third-order valence-electron chi connectivity index (χ3n) is 2.92. The molecule has 2 aromatic rings. The number of cyclic esters (lactones) is 1. The second-order valence-electron chi connectivity index (χ2n) is 4.16. The molecule has 0 spiro atoms. The van der Waals surface area contributed by atoms with E-state index in [0.29, 0.717) is 12.0 Å². The van der Waals surface area contributed by atoms with Gasteiger partial charge in [0, 0.05) is 11.8 Å². The third-order valence-corrected chi connectivity index (χ3v) is 2.92. The van der Waals surface area contributed by atoms with Gasteiger partial charge in [0.25, 0.3) is 0 Å². The molecule has 1 aromatic heterocycles. The standard InChI is InChI=1S/C13H10O4/c1-7-6-9-8-4-2-3-5-10(8)17-13(15)11(9)12(14)16-7/h2-5,7H,6H2,1H3. The highest BCUT2D eigenvalue weighted by atomic mass is 16.5. The molecule has 4 heteroatoms. The summed E-state index contributed by atoms with van der Waals surface area (Å²) in [6, 6.07) is 7.22. The molecule has 1 unspecified atom stereocenters. The highest BCUT2D eigenvalue weighted by Gasteiger charge is 2.29. The summed E-state index contributed by atoms with van der Waals surface area (Å²) in [5.41, 5.74) is 0.677. The minimum Gasteiger partial charge on any atom is -0.459 e. The molecule has 17 heavy (non-hydrogen) atoms. The van der Waals surface area contributed by atoms with Gasteiger partial charge in [-0.3, -0.25) is 0 Å². The van der Waals surface area contributed by atoms with Crippen molar-refractivity contribution >= 4 is 16.9 Å². The zero-order chi connectivity index (χ0) is 12.0. The molecule has 0 amide bonds. The molecule has 0 fully saturated rings. The SMILES string of the molecule is CC1Cc2c(c(=O)oc3ccccc23)C(=O)O1. The van der Waals surface area contributed by atoms with Gasteiger partial charge in [0.1, 0.15) is 17.3 Å². The summed E-state index contributed by atoms with van der Waals surface area (Å²) in [5.74, 6) is -0.585. The van der Waals surface area contributed by atoms with Gasteiger partial charge in [0.15, 0.2) is 0 Å². The number of esters is 1. The first kappa shape index (κ1) is 10.1. The zero-order valence-electron chi connectivity index (χ0n) is 9.23. The highest BCUT2D eigenvalue weighted by Crippen LogP contribution is 2.25. The number of ether oxygens (including phenoxy) is 1. The predicted octanol–water partition coefficient (Wildman–Crippen LogP) is 1.89. The summed E-state index contributed by atoms with van der Waals surface area (Å²) in [6.45, 7) is 1.81. The Balaban J connectivity index is 2.44. The molecule has 0 N–H and O–H groups in total. The van der Waals surface area contributed by atoms with Crippen LogP contribution in [0, 0.1) is 0 Å². The second kappa shape index (κ2) is 3.45. The van der Waals surface area contributed by atoms with Crippen molar-refractivity contribution in [3.63, 3.8) is 0 Å². The van der Waals surface area contributed by atoms with Crippen molar-refractivity contribution in [2.24, 2.45) is 0 Å². The van der Waals surface area contributed by atoms with Gasteiger partial charge < -0.3 is 9.15 Å². The van der Waals surface area contributed by atoms with E-state index in [1.165, 1.54) is 0 Å². The lowest BCUT2D eigenvalue weighted by Crippen LogP contribution is -2.30. The fourth-order valence-electron chi connectivity index (χ4n) is 2.20. The van der Waals surface area contributed by atoms with Gasteiger partial charge in [0.05, 0.1) is 0 Å². The molecule has 0 radical (unpaired) electrons. The van der Waals surface area contributed by atoms with Crippen LogP contribution in [0.2, 0.25) is 0 Å². The molecule has 1 aliphatic heterocycles. The average molecular weight is 230 g/mol. The molecule has 1 aromatic carbocycles. The van der Waals surface area contributed by atoms with Crippen molar-refractivity contribution in [1.82, 2.24) is 0 Å². The van der Waals surface area contributed by atoms with Crippen LogP contribution in [0.5, 0.6) is 0 Å². The first-order valence-corrected chi connectivity index (χ1v) is 5.42. The molecular formula is C13H10O4. The van der Waals surface area contributed by atoms with Crippen LogP contribution in [-0.4, -0.2) is 12.1 Å². The van der Waals surface area contributed by atoms with E-state index in [0.717, 1.165) is 10.9 Å². The Hall–Kier alpha value is -2.10. The van der Waals surface area contributed by atoms with Crippen LogP contribution in [0.1, 0.15) is 22.8 Å². The zero-order valence-corrected chi connectivity index (χ0v) is 9.23. The number of hydrogen-bond acceptors (Lipinski definition) is 4. The Morgan fingerprint density at radius 1 is 1.24 bits per heavy atom. The molecule has 4 nitrogen and oxygen atoms in total. The van der Waals surface area contributed by atoms with Crippen LogP contribution in [0.25, 0.3) is 11.0 Å². The number of carbonyl (C=O) groups excluding carboxylic acids is 1. The summed E-state index contributed by atoms with van der Waals surface area (Å²) in [6.07, 6.45) is 0.341. The molecule has 1 aliphatic rings. The van der Waals surface area contributed by atoms with E-state index in [4.69, 9.17) is 9.15 Å². The van der Waals surface area contributed by atoms with Crippen molar-refractivity contribution in [1.29, 1.82) is 0 Å². The first-order chi connectivity index (χ1) is 8.16. The largest absolute Gasteiger partial charge is 0.459 e. The van der Waals surface area contributed by atoms with E-state index in [2.05, 4.69) is 0 Å². The van der Waals surface area contributed by atoms with Gasteiger partial charge in [-0.15, -0.1) is 0 Å². The Morgan fingerprint density at radius 3 is 2.82 bits per heavy atom. The van der Waals surface area contributed by atoms with E-state index in [1.54, 1.807) is 12.1 Å². The van der Waals surface area contributed by atoms with E-state index >= 15 is 0 Å². The minimum absolute atomic E-state index is 0.0433. The van der Waals surface area contributed by atoms with Gasteiger partial charge in [-0.2, -0.15) is 0 Å². The van der Waals surface area contributed by atoms with Crippen molar-refractivity contribution in [3.05, 3.63) is 45.8 Å². The van der Waals surface area contributed by atoms with Crippen molar-refractivity contribution in [2.45, 2.75) is 19.4 Å². The Morgan fingerprint density at radius 2 is 2.00 bits per heavy atom. The first-order valence-electron chi connectivity index (χ1n) is 5.42. The third kappa shape index (κ3) is 1.45. The lowest BCUT2D eigenvalue weighted by atomic mass is 9.97. The number of fused-ring (bicyclic) bond motifs is 3. The van der Waals surface area contributed by atoms with Gasteiger partial charge in [0.2, 0.25) is 0 Å². The molecule has 0 saturated carbocycles. The predicted molar refractivity (Wildman–Crippen MR) is 61.1 cm³/mol. The summed E-state index contributed by atoms with van der Waals surface area (Å²) >= 11 is 0. The molecule has 0 saturated heterocycles. The summed E-state index contributed by atoms with van der Waals surface area (Å²) in [5, 5.41) is 0.811. The maximum Gasteiger partial charge on any atom is 0.351 e. The quantitative estimate of drug-likeness (QED) is 0.512. The van der Waals surface area contributed by atoms with Crippen molar-refractivity contribution in [2.75, 3.05) is 0 Å². The fourth-order valence-corrected chi connectivity index (χ4v) is 2.20. The lowest BCUT2D eigenvalue weighted by molar-refractivity contribution is 0.0296. The van der Waals surface area contributed by atoms with Gasteiger partial charge in [-0.25, -0.2) is 9.59 Å². The van der Waals surface area contributed by atoms with E-state index in [9.17, 15) is 9.59 Å². The minimum atomic E-state index is -0.615. The van der Waals surface area contributed by atoms with E-state index in [-0.39, 0.29) is 11.7 Å². The number of rotatable bonds is 0. The smallest absolute Gasteiger partial charge is 0.351 e. The number of hydrogen-bond donors (Lipinski definition) is 0. The molecule has 1 atom stereocenters. The molecule has 3 rings (SSSR count). The van der Waals surface area contributed by atoms with Crippen LogP contribution in [0.3, 0.4) is 0 Å². The molecular weight excluding hydrogens is 220 g/mol. The van der Waals surface area contributed by atoms with Crippen molar-refractivity contribution in [3.8, 4) is 0 Å². The Bertz CT molecular complexity index is 669. The maximum atomic E-state index is 11.7. The molecule has 2 heterocycles. The van der Waals surface area contributed by atoms with Crippen LogP contribution in [0.15, 0.2) is 33.5 Å². The molecule has 86 valence electrons. The lowest BCUT2D eigenvalue weighted by Gasteiger charge is -2.21. The number of para-hydroxylation sites is 1. The molecule has 0 aliphatic carbocycles. The highest BCUT2D eigenvalue weighted by molar-refractivity contribution is 5.97. The van der Waals surface area contributed by atoms with Gasteiger partial charge in [-0.1, -0.05) is 18.2 Å². The van der Waals surface area contributed by atoms with Gasteiger partial charge in [-0.05, 0) is 18.6 Å². The topological polar surface area (TPSA) is 56.5 Å². The maximum absolute atomic E-state index is 11.7. The number of benzene rings is 1. The Kier molecular flexibility index (Phi) is 2.04. The van der Waals surface area contributed by atoms with Crippen LogP contribution >= 0.6 is 0 Å². The average Bonchev–Trinajstić information content (AvgIpc) is 2.28. The van der Waals surface area contributed by atoms with Crippen LogP contribution in [0.4, 0.5) is 0 Å². The summed E-state index contributed by atoms with van der Waals surface area (Å²) in [4.78, 5) is 23.4. The van der Waals surface area contributed by atoms with E-state index in [1.807, 2.05) is 19.1 Å². The van der Waals surface area contributed by atoms with Crippen molar-refractivity contribution < 1.29 is 13.9 Å². The Labute approximate surface area is 96.8 Å². The normalized spacial score (nSPS) is 18.9. The van der Waals surface area contributed by atoms with E-state index < -0.39 is 11.6 Å². The summed E-state index contributed by atoms with van der Waals surface area (Å²) < 4.78 is 10.2. The fraction of sp³-hybridized carbons (Fsp3) is 0.231. The number of carbonyl (C=O) groups is 1.